The topological polar surface area (TPSA) is 72.2 Å². The van der Waals surface area contributed by atoms with Gasteiger partial charge in [-0.25, -0.2) is 18.1 Å². The molecule has 0 unspecified atom stereocenters. The van der Waals surface area contributed by atoms with Crippen LogP contribution in [0.3, 0.4) is 0 Å². The van der Waals surface area contributed by atoms with Crippen LogP contribution in [-0.4, -0.2) is 19.7 Å². The quantitative estimate of drug-likeness (QED) is 0.705. The van der Waals surface area contributed by atoms with Crippen molar-refractivity contribution < 1.29 is 12.8 Å². The molecule has 0 aliphatic rings. The van der Waals surface area contributed by atoms with Crippen LogP contribution in [0.1, 0.15) is 5.76 Å². The first kappa shape index (κ1) is 8.06. The lowest BCUT2D eigenvalue weighted by molar-refractivity contribution is 0.544. The monoisotopic (exact) mass is 176 g/mol. The van der Waals surface area contributed by atoms with Gasteiger partial charge in [-0.15, -0.1) is 0 Å². The van der Waals surface area contributed by atoms with E-state index in [1.54, 1.807) is 6.92 Å². The van der Waals surface area contributed by atoms with Gasteiger partial charge in [0.15, 0.2) is 0 Å². The van der Waals surface area contributed by atoms with Crippen LogP contribution in [0, 0.1) is 6.92 Å². The molecule has 0 aliphatic carbocycles. The predicted octanol–water partition coefficient (Wildman–Crippen LogP) is 0.355. The minimum Gasteiger partial charge on any atom is -0.428 e. The highest BCUT2D eigenvalue weighted by molar-refractivity contribution is 7.91. The molecule has 0 saturated carbocycles. The lowest BCUT2D eigenvalue weighted by atomic mass is 10.6. The maximum Gasteiger partial charge on any atom is 0.308 e. The highest BCUT2D eigenvalue weighted by Crippen LogP contribution is 2.07. The van der Waals surface area contributed by atoms with Gasteiger partial charge in [-0.1, -0.05) is 0 Å². The summed E-state index contributed by atoms with van der Waals surface area (Å²) in [4.78, 5) is 3.64. The number of oxazole rings is 1. The highest BCUT2D eigenvalue weighted by atomic mass is 32.2. The number of anilines is 1. The Bertz CT molecular complexity index is 340. The fraction of sp³-hybridized carbons (Fsp3) is 0.400. The van der Waals surface area contributed by atoms with E-state index in [1.165, 1.54) is 6.20 Å². The van der Waals surface area contributed by atoms with Crippen molar-refractivity contribution in [2.75, 3.05) is 11.0 Å². The van der Waals surface area contributed by atoms with Gasteiger partial charge in [0.25, 0.3) is 0 Å². The molecule has 0 fully saturated rings. The number of hydrogen-bond donors (Lipinski definition) is 1. The van der Waals surface area contributed by atoms with E-state index >= 15 is 0 Å². The zero-order valence-electron chi connectivity index (χ0n) is 6.16. The molecule has 1 rings (SSSR count). The first-order valence-corrected chi connectivity index (χ1v) is 4.77. The summed E-state index contributed by atoms with van der Waals surface area (Å²) in [7, 11) is -3.27. The number of nitrogens with one attached hydrogen (secondary N) is 1. The van der Waals surface area contributed by atoms with Crippen LogP contribution in [0.4, 0.5) is 6.01 Å². The first-order chi connectivity index (χ1) is 4.97. The van der Waals surface area contributed by atoms with Crippen molar-refractivity contribution in [2.24, 2.45) is 0 Å². The number of aromatic nitrogens is 1. The summed E-state index contributed by atoms with van der Waals surface area (Å²) in [5.74, 6) is 0.566. The van der Waals surface area contributed by atoms with E-state index < -0.39 is 10.0 Å². The molecule has 1 aromatic heterocycles. The number of aryl methyl sites for hydroxylation is 1. The van der Waals surface area contributed by atoms with Crippen molar-refractivity contribution in [2.45, 2.75) is 6.92 Å². The third kappa shape index (κ3) is 2.58. The molecule has 0 radical (unpaired) electrons. The summed E-state index contributed by atoms with van der Waals surface area (Å²) in [6.07, 6.45) is 2.47. The van der Waals surface area contributed by atoms with Crippen LogP contribution < -0.4 is 4.72 Å². The summed E-state index contributed by atoms with van der Waals surface area (Å²) >= 11 is 0. The van der Waals surface area contributed by atoms with Gasteiger partial charge in [0, 0.05) is 0 Å². The maximum atomic E-state index is 10.6. The van der Waals surface area contributed by atoms with E-state index in [4.69, 9.17) is 4.42 Å². The Morgan fingerprint density at radius 3 is 2.64 bits per heavy atom. The SMILES string of the molecule is Cc1cnc(NS(C)(=O)=O)o1. The molecule has 11 heavy (non-hydrogen) atoms. The second kappa shape index (κ2) is 2.54. The lowest BCUT2D eigenvalue weighted by Crippen LogP contribution is -2.09. The number of rotatable bonds is 2. The minimum atomic E-state index is -3.27. The molecule has 0 spiro atoms. The number of nitrogens with zero attached hydrogens (tertiary/aromatic N) is 1. The Morgan fingerprint density at radius 2 is 2.27 bits per heavy atom. The van der Waals surface area contributed by atoms with Crippen LogP contribution in [0.15, 0.2) is 10.6 Å². The largest absolute Gasteiger partial charge is 0.428 e. The van der Waals surface area contributed by atoms with E-state index in [1.807, 2.05) is 0 Å². The summed E-state index contributed by atoms with van der Waals surface area (Å²) in [6.45, 7) is 1.68. The third-order valence-corrected chi connectivity index (χ3v) is 1.44. The molecule has 0 aliphatic heterocycles. The van der Waals surface area contributed by atoms with Crippen LogP contribution in [0.5, 0.6) is 0 Å². The summed E-state index contributed by atoms with van der Waals surface area (Å²) in [5.41, 5.74) is 0. The number of hydrogen-bond acceptors (Lipinski definition) is 4. The van der Waals surface area contributed by atoms with E-state index in [0.717, 1.165) is 6.26 Å². The second-order valence-electron chi connectivity index (χ2n) is 2.15. The Balaban J connectivity index is 2.81. The van der Waals surface area contributed by atoms with E-state index in [9.17, 15) is 8.42 Å². The van der Waals surface area contributed by atoms with Gasteiger partial charge in [0.05, 0.1) is 12.5 Å². The minimum absolute atomic E-state index is 0.00463. The first-order valence-electron chi connectivity index (χ1n) is 2.87. The van der Waals surface area contributed by atoms with E-state index in [-0.39, 0.29) is 6.01 Å². The molecular formula is C5H8N2O3S. The Kier molecular flexibility index (Phi) is 1.86. The molecular weight excluding hydrogens is 168 g/mol. The predicted molar refractivity (Wildman–Crippen MR) is 39.7 cm³/mol. The molecule has 6 heteroatoms. The van der Waals surface area contributed by atoms with Crippen LogP contribution in [0.2, 0.25) is 0 Å². The average Bonchev–Trinajstić information content (AvgIpc) is 2.10. The molecule has 1 heterocycles. The molecule has 5 nitrogen and oxygen atoms in total. The van der Waals surface area contributed by atoms with Gasteiger partial charge in [-0.05, 0) is 6.92 Å². The molecule has 1 N–H and O–H groups in total. The standard InChI is InChI=1S/C5H8N2O3S/c1-4-3-6-5(10-4)7-11(2,8)9/h3H,1-2H3,(H,6,7). The smallest absolute Gasteiger partial charge is 0.308 e. The second-order valence-corrected chi connectivity index (χ2v) is 3.90. The van der Waals surface area contributed by atoms with Gasteiger partial charge < -0.3 is 4.42 Å². The highest BCUT2D eigenvalue weighted by Gasteiger charge is 2.05. The molecule has 0 saturated heterocycles. The Hall–Kier alpha value is -1.04. The van der Waals surface area contributed by atoms with Crippen molar-refractivity contribution in [3.8, 4) is 0 Å². The Morgan fingerprint density at radius 1 is 1.64 bits per heavy atom. The summed E-state index contributed by atoms with van der Waals surface area (Å²) in [5, 5.41) is 0. The molecule has 62 valence electrons. The summed E-state index contributed by atoms with van der Waals surface area (Å²) in [6, 6.07) is 0.00463. The van der Waals surface area contributed by atoms with Gasteiger partial charge in [0.2, 0.25) is 10.0 Å². The molecule has 0 bridgehead atoms. The normalized spacial score (nSPS) is 11.5. The number of sulfonamides is 1. The molecule has 0 atom stereocenters. The fourth-order valence-electron chi connectivity index (χ4n) is 0.561. The van der Waals surface area contributed by atoms with Crippen molar-refractivity contribution in [3.05, 3.63) is 12.0 Å². The average molecular weight is 176 g/mol. The fourth-order valence-corrected chi connectivity index (χ4v) is 0.972. The van der Waals surface area contributed by atoms with Crippen molar-refractivity contribution >= 4 is 16.0 Å². The maximum absolute atomic E-state index is 10.6. The van der Waals surface area contributed by atoms with Gasteiger partial charge >= 0.3 is 6.01 Å². The van der Waals surface area contributed by atoms with Crippen LogP contribution >= 0.6 is 0 Å². The van der Waals surface area contributed by atoms with Crippen LogP contribution in [0.25, 0.3) is 0 Å². The zero-order chi connectivity index (χ0) is 8.48. The molecule has 1 aromatic rings. The third-order valence-electron chi connectivity index (χ3n) is 0.894. The van der Waals surface area contributed by atoms with Gasteiger partial charge in [-0.3, -0.25) is 0 Å². The van der Waals surface area contributed by atoms with Crippen molar-refractivity contribution in [3.63, 3.8) is 0 Å². The van der Waals surface area contributed by atoms with E-state index in [2.05, 4.69) is 9.71 Å². The van der Waals surface area contributed by atoms with Crippen molar-refractivity contribution in [1.82, 2.24) is 4.98 Å². The Labute approximate surface area is 64.5 Å². The van der Waals surface area contributed by atoms with Gasteiger partial charge in [-0.2, -0.15) is 0 Å². The summed E-state index contributed by atoms with van der Waals surface area (Å²) < 4.78 is 28.2. The zero-order valence-corrected chi connectivity index (χ0v) is 6.97. The molecule has 0 amide bonds. The van der Waals surface area contributed by atoms with Gasteiger partial charge in [0.1, 0.15) is 5.76 Å². The van der Waals surface area contributed by atoms with Crippen LogP contribution in [-0.2, 0) is 10.0 Å². The van der Waals surface area contributed by atoms with Crippen molar-refractivity contribution in [1.29, 1.82) is 0 Å². The van der Waals surface area contributed by atoms with E-state index in [0.29, 0.717) is 5.76 Å². The molecule has 0 aromatic carbocycles. The lowest BCUT2D eigenvalue weighted by Gasteiger charge is -1.94.